The van der Waals surface area contributed by atoms with Crippen molar-refractivity contribution in [2.24, 2.45) is 0 Å². The van der Waals surface area contributed by atoms with Crippen LogP contribution in [-0.4, -0.2) is 27.5 Å². The van der Waals surface area contributed by atoms with E-state index in [0.29, 0.717) is 6.54 Å². The number of benzene rings is 1. The average Bonchev–Trinajstić information content (AvgIpc) is 3.22. The Labute approximate surface area is 147 Å². The molecule has 4 rings (SSSR count). The molecule has 0 amide bonds. The second kappa shape index (κ2) is 6.87. The molecular formula is C19H23ClN2O2. The van der Waals surface area contributed by atoms with E-state index in [1.807, 2.05) is 24.7 Å². The summed E-state index contributed by atoms with van der Waals surface area (Å²) in [4.78, 5) is 4.15. The third kappa shape index (κ3) is 3.51. The van der Waals surface area contributed by atoms with Crippen molar-refractivity contribution in [1.29, 1.82) is 0 Å². The maximum Gasteiger partial charge on any atom is 0.187 e. The van der Waals surface area contributed by atoms with E-state index in [9.17, 15) is 0 Å². The lowest BCUT2D eigenvalue weighted by atomic mass is 9.95. The zero-order chi connectivity index (χ0) is 16.4. The van der Waals surface area contributed by atoms with E-state index in [-0.39, 0.29) is 12.2 Å². The van der Waals surface area contributed by atoms with Crippen LogP contribution in [0.4, 0.5) is 0 Å². The molecule has 0 bridgehead atoms. The number of nitrogens with zero attached hydrogens (tertiary/aromatic N) is 2. The molecule has 0 spiro atoms. The fourth-order valence-electron chi connectivity index (χ4n) is 3.83. The van der Waals surface area contributed by atoms with Crippen LogP contribution in [0, 0.1) is 0 Å². The van der Waals surface area contributed by atoms with Crippen LogP contribution in [0.1, 0.15) is 37.7 Å². The molecule has 4 nitrogen and oxygen atoms in total. The molecule has 128 valence electrons. The lowest BCUT2D eigenvalue weighted by Crippen LogP contribution is -2.37. The highest BCUT2D eigenvalue weighted by molar-refractivity contribution is 6.30. The van der Waals surface area contributed by atoms with Gasteiger partial charge in [-0.05, 0) is 37.0 Å². The Kier molecular flexibility index (Phi) is 4.61. The summed E-state index contributed by atoms with van der Waals surface area (Å²) in [6.45, 7) is 0.688. The molecule has 1 saturated carbocycles. The standard InChI is InChI=1S/C19H23ClN2O2/c20-16-7-5-15(6-8-16)9-10-19(13-22-12-11-21-14-22)23-17-3-1-2-4-18(17)24-19/h5-8,11-12,14,17-18H,1-4,9-10,13H2/t17-,18+,19?. The largest absolute Gasteiger partial charge is 0.342 e. The molecule has 24 heavy (non-hydrogen) atoms. The summed E-state index contributed by atoms with van der Waals surface area (Å²) in [5.74, 6) is -0.556. The van der Waals surface area contributed by atoms with Crippen LogP contribution >= 0.6 is 11.6 Å². The molecule has 2 fully saturated rings. The molecule has 1 aromatic carbocycles. The molecule has 1 aliphatic heterocycles. The van der Waals surface area contributed by atoms with Gasteiger partial charge in [-0.3, -0.25) is 0 Å². The second-order valence-electron chi connectivity index (χ2n) is 6.87. The molecule has 2 aromatic rings. The summed E-state index contributed by atoms with van der Waals surface area (Å²) in [6.07, 6.45) is 12.5. The van der Waals surface area contributed by atoms with Crippen LogP contribution in [-0.2, 0) is 22.4 Å². The van der Waals surface area contributed by atoms with Gasteiger partial charge in [-0.1, -0.05) is 36.6 Å². The normalized spacial score (nSPS) is 29.5. The van der Waals surface area contributed by atoms with Crippen molar-refractivity contribution >= 4 is 11.6 Å². The quantitative estimate of drug-likeness (QED) is 0.813. The van der Waals surface area contributed by atoms with Crippen LogP contribution in [0.25, 0.3) is 0 Å². The summed E-state index contributed by atoms with van der Waals surface area (Å²) >= 11 is 5.98. The first kappa shape index (κ1) is 16.1. The monoisotopic (exact) mass is 346 g/mol. The van der Waals surface area contributed by atoms with Gasteiger partial charge in [0.05, 0.1) is 25.1 Å². The van der Waals surface area contributed by atoms with Gasteiger partial charge < -0.3 is 14.0 Å². The zero-order valence-corrected chi connectivity index (χ0v) is 14.5. The van der Waals surface area contributed by atoms with Gasteiger partial charge in [0.25, 0.3) is 0 Å². The number of fused-ring (bicyclic) bond motifs is 1. The van der Waals surface area contributed by atoms with Crippen molar-refractivity contribution in [3.05, 3.63) is 53.6 Å². The van der Waals surface area contributed by atoms with E-state index in [2.05, 4.69) is 21.7 Å². The fourth-order valence-corrected chi connectivity index (χ4v) is 3.95. The van der Waals surface area contributed by atoms with Crippen molar-refractivity contribution in [1.82, 2.24) is 9.55 Å². The predicted molar refractivity (Wildman–Crippen MR) is 92.9 cm³/mol. The summed E-state index contributed by atoms with van der Waals surface area (Å²) in [7, 11) is 0. The highest BCUT2D eigenvalue weighted by Crippen LogP contribution is 2.40. The Hall–Kier alpha value is -1.36. The SMILES string of the molecule is Clc1ccc(CCC2(Cn3ccnc3)O[C@H]3CCCC[C@H]3O2)cc1. The van der Waals surface area contributed by atoms with Crippen molar-refractivity contribution in [2.45, 2.75) is 63.1 Å². The lowest BCUT2D eigenvalue weighted by Gasteiger charge is -2.29. The first-order chi connectivity index (χ1) is 11.7. The van der Waals surface area contributed by atoms with Crippen LogP contribution in [0.2, 0.25) is 5.02 Å². The number of aromatic nitrogens is 2. The van der Waals surface area contributed by atoms with Gasteiger partial charge in [0, 0.05) is 23.8 Å². The van der Waals surface area contributed by atoms with Gasteiger partial charge in [0.1, 0.15) is 0 Å². The maximum absolute atomic E-state index is 6.47. The minimum atomic E-state index is -0.556. The molecule has 0 radical (unpaired) electrons. The van der Waals surface area contributed by atoms with E-state index in [0.717, 1.165) is 30.7 Å². The van der Waals surface area contributed by atoms with E-state index in [1.54, 1.807) is 6.20 Å². The van der Waals surface area contributed by atoms with E-state index >= 15 is 0 Å². The molecule has 1 unspecified atom stereocenters. The smallest absolute Gasteiger partial charge is 0.187 e. The molecule has 5 heteroatoms. The number of aryl methyl sites for hydroxylation is 1. The minimum Gasteiger partial charge on any atom is -0.342 e. The van der Waals surface area contributed by atoms with E-state index in [4.69, 9.17) is 21.1 Å². The average molecular weight is 347 g/mol. The Morgan fingerprint density at radius 2 is 1.83 bits per heavy atom. The number of halogens is 1. The minimum absolute atomic E-state index is 0.243. The first-order valence-corrected chi connectivity index (χ1v) is 9.16. The molecule has 2 aliphatic rings. The molecule has 1 aromatic heterocycles. The Balaban J connectivity index is 1.50. The van der Waals surface area contributed by atoms with E-state index in [1.165, 1.54) is 18.4 Å². The van der Waals surface area contributed by atoms with Crippen molar-refractivity contribution in [3.8, 4) is 0 Å². The van der Waals surface area contributed by atoms with Gasteiger partial charge in [-0.15, -0.1) is 0 Å². The van der Waals surface area contributed by atoms with Gasteiger partial charge in [0.15, 0.2) is 5.79 Å². The van der Waals surface area contributed by atoms with Gasteiger partial charge in [0.2, 0.25) is 0 Å². The van der Waals surface area contributed by atoms with Gasteiger partial charge in [-0.25, -0.2) is 4.98 Å². The van der Waals surface area contributed by atoms with E-state index < -0.39 is 5.79 Å². The van der Waals surface area contributed by atoms with Gasteiger partial charge in [-0.2, -0.15) is 0 Å². The van der Waals surface area contributed by atoms with Crippen molar-refractivity contribution < 1.29 is 9.47 Å². The highest BCUT2D eigenvalue weighted by atomic mass is 35.5. The topological polar surface area (TPSA) is 36.3 Å². The Morgan fingerprint density at radius 1 is 1.12 bits per heavy atom. The molecule has 2 heterocycles. The Morgan fingerprint density at radius 3 is 2.46 bits per heavy atom. The molecule has 3 atom stereocenters. The van der Waals surface area contributed by atoms with Crippen molar-refractivity contribution in [2.75, 3.05) is 0 Å². The zero-order valence-electron chi connectivity index (χ0n) is 13.7. The number of hydrogen-bond acceptors (Lipinski definition) is 3. The number of hydrogen-bond donors (Lipinski definition) is 0. The Bertz CT molecular complexity index is 643. The maximum atomic E-state index is 6.47. The lowest BCUT2D eigenvalue weighted by molar-refractivity contribution is -0.188. The molecule has 0 N–H and O–H groups in total. The van der Waals surface area contributed by atoms with Crippen LogP contribution in [0.3, 0.4) is 0 Å². The number of imidazole rings is 1. The number of rotatable bonds is 5. The van der Waals surface area contributed by atoms with Crippen LogP contribution in [0.15, 0.2) is 43.0 Å². The third-order valence-corrected chi connectivity index (χ3v) is 5.32. The number of ether oxygens (including phenoxy) is 2. The summed E-state index contributed by atoms with van der Waals surface area (Å²) in [5, 5.41) is 0.770. The second-order valence-corrected chi connectivity index (χ2v) is 7.31. The molecular weight excluding hydrogens is 324 g/mol. The molecule has 1 saturated heterocycles. The van der Waals surface area contributed by atoms with Crippen LogP contribution < -0.4 is 0 Å². The summed E-state index contributed by atoms with van der Waals surface area (Å²) in [6, 6.07) is 8.04. The first-order valence-electron chi connectivity index (χ1n) is 8.78. The van der Waals surface area contributed by atoms with Gasteiger partial charge >= 0.3 is 0 Å². The highest BCUT2D eigenvalue weighted by Gasteiger charge is 2.48. The van der Waals surface area contributed by atoms with Crippen LogP contribution in [0.5, 0.6) is 0 Å². The molecule has 1 aliphatic carbocycles. The fraction of sp³-hybridized carbons (Fsp3) is 0.526. The summed E-state index contributed by atoms with van der Waals surface area (Å²) < 4.78 is 15.0. The third-order valence-electron chi connectivity index (χ3n) is 5.06. The van der Waals surface area contributed by atoms with Crippen molar-refractivity contribution in [3.63, 3.8) is 0 Å². The predicted octanol–water partition coefficient (Wildman–Crippen LogP) is 4.22. The summed E-state index contributed by atoms with van der Waals surface area (Å²) in [5.41, 5.74) is 1.26.